The molecule has 0 spiro atoms. The molecule has 1 saturated heterocycles. The molecular weight excluding hydrogens is 240 g/mol. The van der Waals surface area contributed by atoms with Crippen molar-refractivity contribution in [1.29, 1.82) is 0 Å². The van der Waals surface area contributed by atoms with Crippen molar-refractivity contribution in [2.75, 3.05) is 46.0 Å². The van der Waals surface area contributed by atoms with Gasteiger partial charge in [-0.15, -0.1) is 0 Å². The summed E-state index contributed by atoms with van der Waals surface area (Å²) in [4.78, 5) is 2.49. The van der Waals surface area contributed by atoms with Crippen LogP contribution in [0, 0.1) is 0 Å². The number of hydrogen-bond acceptors (Lipinski definition) is 4. The van der Waals surface area contributed by atoms with Crippen molar-refractivity contribution < 1.29 is 9.47 Å². The quantitative estimate of drug-likeness (QED) is 0.616. The standard InChI is InChI=1S/C15H32N2O2/c1-4-5-9-18-10-6-7-16-12-15-13-17(14(2)3)8-11-19-15/h14-16H,4-13H2,1-3H3. The van der Waals surface area contributed by atoms with Crippen molar-refractivity contribution >= 4 is 0 Å². The summed E-state index contributed by atoms with van der Waals surface area (Å²) in [5.41, 5.74) is 0. The van der Waals surface area contributed by atoms with E-state index < -0.39 is 0 Å². The van der Waals surface area contributed by atoms with Crippen molar-refractivity contribution in [3.05, 3.63) is 0 Å². The van der Waals surface area contributed by atoms with Crippen LogP contribution in [-0.2, 0) is 9.47 Å². The minimum Gasteiger partial charge on any atom is -0.381 e. The average Bonchev–Trinajstić information content (AvgIpc) is 2.42. The van der Waals surface area contributed by atoms with Gasteiger partial charge in [0.05, 0.1) is 12.7 Å². The second-order valence-corrected chi connectivity index (χ2v) is 5.61. The van der Waals surface area contributed by atoms with E-state index in [0.717, 1.165) is 52.4 Å². The minimum atomic E-state index is 0.345. The highest BCUT2D eigenvalue weighted by Gasteiger charge is 2.21. The van der Waals surface area contributed by atoms with Crippen LogP contribution in [0.3, 0.4) is 0 Å². The monoisotopic (exact) mass is 272 g/mol. The molecule has 0 aromatic heterocycles. The maximum atomic E-state index is 5.78. The third-order valence-electron chi connectivity index (χ3n) is 3.56. The van der Waals surface area contributed by atoms with Crippen LogP contribution in [0.4, 0.5) is 0 Å². The fourth-order valence-corrected chi connectivity index (χ4v) is 2.25. The highest BCUT2D eigenvalue weighted by Crippen LogP contribution is 2.07. The van der Waals surface area contributed by atoms with Crippen LogP contribution in [0.2, 0.25) is 0 Å². The fourth-order valence-electron chi connectivity index (χ4n) is 2.25. The largest absolute Gasteiger partial charge is 0.381 e. The second kappa shape index (κ2) is 10.6. The van der Waals surface area contributed by atoms with Gasteiger partial charge in [-0.3, -0.25) is 4.90 Å². The molecule has 4 heteroatoms. The topological polar surface area (TPSA) is 33.7 Å². The fraction of sp³-hybridized carbons (Fsp3) is 1.00. The molecule has 1 rings (SSSR count). The molecule has 0 aliphatic carbocycles. The first-order chi connectivity index (χ1) is 9.24. The van der Waals surface area contributed by atoms with Gasteiger partial charge in [0.2, 0.25) is 0 Å². The average molecular weight is 272 g/mol. The molecule has 1 unspecified atom stereocenters. The number of ether oxygens (including phenoxy) is 2. The number of nitrogens with one attached hydrogen (secondary N) is 1. The third-order valence-corrected chi connectivity index (χ3v) is 3.56. The van der Waals surface area contributed by atoms with Gasteiger partial charge in [0.25, 0.3) is 0 Å². The Bertz CT molecular complexity index is 212. The van der Waals surface area contributed by atoms with Crippen molar-refractivity contribution in [1.82, 2.24) is 10.2 Å². The summed E-state index contributed by atoms with van der Waals surface area (Å²) < 4.78 is 11.3. The predicted octanol–water partition coefficient (Wildman–Crippen LogP) is 1.89. The molecule has 1 heterocycles. The molecule has 0 aromatic carbocycles. The first-order valence-corrected chi connectivity index (χ1v) is 7.88. The van der Waals surface area contributed by atoms with Crippen LogP contribution < -0.4 is 5.32 Å². The first-order valence-electron chi connectivity index (χ1n) is 7.88. The summed E-state index contributed by atoms with van der Waals surface area (Å²) in [7, 11) is 0. The summed E-state index contributed by atoms with van der Waals surface area (Å²) in [5.74, 6) is 0. The van der Waals surface area contributed by atoms with Gasteiger partial charge >= 0.3 is 0 Å². The summed E-state index contributed by atoms with van der Waals surface area (Å²) in [6.07, 6.45) is 3.82. The second-order valence-electron chi connectivity index (χ2n) is 5.61. The van der Waals surface area contributed by atoms with E-state index in [0.29, 0.717) is 12.1 Å². The highest BCUT2D eigenvalue weighted by molar-refractivity contribution is 4.75. The van der Waals surface area contributed by atoms with Gasteiger partial charge in [-0.25, -0.2) is 0 Å². The van der Waals surface area contributed by atoms with Gasteiger partial charge in [-0.1, -0.05) is 13.3 Å². The van der Waals surface area contributed by atoms with Crippen molar-refractivity contribution in [2.45, 2.75) is 52.2 Å². The zero-order valence-corrected chi connectivity index (χ0v) is 13.0. The smallest absolute Gasteiger partial charge is 0.0826 e. The normalized spacial score (nSPS) is 21.2. The lowest BCUT2D eigenvalue weighted by atomic mass is 10.2. The summed E-state index contributed by atoms with van der Waals surface area (Å²) >= 11 is 0. The number of rotatable bonds is 10. The Kier molecular flexibility index (Phi) is 9.43. The minimum absolute atomic E-state index is 0.345. The van der Waals surface area contributed by atoms with E-state index in [1.54, 1.807) is 0 Å². The molecule has 114 valence electrons. The number of unbranched alkanes of at least 4 members (excludes halogenated alkanes) is 1. The lowest BCUT2D eigenvalue weighted by molar-refractivity contribution is -0.0372. The van der Waals surface area contributed by atoms with E-state index in [1.807, 2.05) is 0 Å². The molecule has 4 nitrogen and oxygen atoms in total. The first kappa shape index (κ1) is 16.9. The van der Waals surface area contributed by atoms with Crippen LogP contribution in [0.15, 0.2) is 0 Å². The molecule has 1 aliphatic rings. The van der Waals surface area contributed by atoms with Crippen molar-refractivity contribution in [3.63, 3.8) is 0 Å². The lowest BCUT2D eigenvalue weighted by Gasteiger charge is -2.35. The molecule has 1 fully saturated rings. The van der Waals surface area contributed by atoms with E-state index >= 15 is 0 Å². The summed E-state index contributed by atoms with van der Waals surface area (Å²) in [6.45, 7) is 13.4. The lowest BCUT2D eigenvalue weighted by Crippen LogP contribution is -2.49. The van der Waals surface area contributed by atoms with Crippen LogP contribution in [0.1, 0.15) is 40.0 Å². The Morgan fingerprint density at radius 3 is 2.84 bits per heavy atom. The number of morpholine rings is 1. The molecule has 0 saturated carbocycles. The zero-order chi connectivity index (χ0) is 13.9. The summed E-state index contributed by atoms with van der Waals surface area (Å²) in [6, 6.07) is 0.623. The number of nitrogens with zero attached hydrogens (tertiary/aromatic N) is 1. The maximum absolute atomic E-state index is 5.78. The molecule has 1 N–H and O–H groups in total. The Balaban J connectivity index is 1.94. The maximum Gasteiger partial charge on any atom is 0.0826 e. The Morgan fingerprint density at radius 2 is 2.11 bits per heavy atom. The van der Waals surface area contributed by atoms with Crippen molar-refractivity contribution in [2.24, 2.45) is 0 Å². The Hall–Kier alpha value is -0.160. The summed E-state index contributed by atoms with van der Waals surface area (Å²) in [5, 5.41) is 3.47. The molecule has 1 aliphatic heterocycles. The SMILES string of the molecule is CCCCOCCCNCC1CN(C(C)C)CCO1. The molecule has 0 aromatic rings. The molecular formula is C15H32N2O2. The van der Waals surface area contributed by atoms with E-state index in [1.165, 1.54) is 12.8 Å². The molecule has 0 bridgehead atoms. The van der Waals surface area contributed by atoms with Gasteiger partial charge in [0.1, 0.15) is 0 Å². The van der Waals surface area contributed by atoms with E-state index in [4.69, 9.17) is 9.47 Å². The van der Waals surface area contributed by atoms with Gasteiger partial charge in [-0.05, 0) is 33.2 Å². The third kappa shape index (κ3) is 7.88. The predicted molar refractivity (Wildman–Crippen MR) is 79.7 cm³/mol. The molecule has 19 heavy (non-hydrogen) atoms. The van der Waals surface area contributed by atoms with E-state index in [-0.39, 0.29) is 0 Å². The van der Waals surface area contributed by atoms with E-state index in [9.17, 15) is 0 Å². The van der Waals surface area contributed by atoms with E-state index in [2.05, 4.69) is 31.0 Å². The zero-order valence-electron chi connectivity index (χ0n) is 13.0. The molecule has 0 radical (unpaired) electrons. The van der Waals surface area contributed by atoms with Crippen LogP contribution in [0.25, 0.3) is 0 Å². The van der Waals surface area contributed by atoms with Gasteiger partial charge in [0.15, 0.2) is 0 Å². The highest BCUT2D eigenvalue weighted by atomic mass is 16.5. The number of hydrogen-bond donors (Lipinski definition) is 1. The van der Waals surface area contributed by atoms with Crippen LogP contribution >= 0.6 is 0 Å². The van der Waals surface area contributed by atoms with Gasteiger partial charge in [-0.2, -0.15) is 0 Å². The van der Waals surface area contributed by atoms with Crippen molar-refractivity contribution in [3.8, 4) is 0 Å². The molecule has 0 amide bonds. The Labute approximate surface area is 118 Å². The Morgan fingerprint density at radius 1 is 1.32 bits per heavy atom. The van der Waals surface area contributed by atoms with Crippen LogP contribution in [-0.4, -0.2) is 63.0 Å². The van der Waals surface area contributed by atoms with Gasteiger partial charge in [0, 0.05) is 38.9 Å². The van der Waals surface area contributed by atoms with Crippen LogP contribution in [0.5, 0.6) is 0 Å². The van der Waals surface area contributed by atoms with Gasteiger partial charge < -0.3 is 14.8 Å². The molecule has 1 atom stereocenters.